The largest absolute Gasteiger partial charge is 0.293 e. The summed E-state index contributed by atoms with van der Waals surface area (Å²) in [6.07, 6.45) is 0. The summed E-state index contributed by atoms with van der Waals surface area (Å²) < 4.78 is 0. The molecule has 0 aliphatic heterocycles. The molecule has 7 aromatic carbocycles. The molecule has 0 heterocycles. The average molecular weight is 705 g/mol. The van der Waals surface area contributed by atoms with Crippen molar-refractivity contribution < 1.29 is 19.2 Å². The van der Waals surface area contributed by atoms with Crippen LogP contribution in [0.1, 0.15) is 64.6 Å². The third-order valence-electron chi connectivity index (χ3n) is 9.25. The smallest absolute Gasteiger partial charge is 0.259 e. The quantitative estimate of drug-likeness (QED) is 0.119. The van der Waals surface area contributed by atoms with E-state index in [4.69, 9.17) is 0 Å². The highest BCUT2D eigenvalue weighted by molar-refractivity contribution is 6.15. The molecule has 0 saturated heterocycles. The highest BCUT2D eigenvalue weighted by Gasteiger charge is 2.36. The van der Waals surface area contributed by atoms with E-state index in [1.165, 1.54) is 9.80 Å². The van der Waals surface area contributed by atoms with E-state index in [0.717, 1.165) is 0 Å². The fourth-order valence-electron chi connectivity index (χ4n) is 6.60. The normalized spacial score (nSPS) is 11.9. The molecule has 0 bridgehead atoms. The third kappa shape index (κ3) is 7.54. The molecule has 0 fully saturated rings. The zero-order valence-corrected chi connectivity index (χ0v) is 29.3. The Hall–Kier alpha value is -7.18. The van der Waals surface area contributed by atoms with Crippen LogP contribution in [0, 0.1) is 0 Å². The first kappa shape index (κ1) is 35.2. The summed E-state index contributed by atoms with van der Waals surface area (Å²) in [5, 5.41) is 0. The molecule has 7 aromatic rings. The van der Waals surface area contributed by atoms with Crippen LogP contribution in [0.15, 0.2) is 206 Å². The summed E-state index contributed by atoms with van der Waals surface area (Å²) >= 11 is 0. The fourth-order valence-corrected chi connectivity index (χ4v) is 6.60. The molecule has 2 amide bonds. The summed E-state index contributed by atoms with van der Waals surface area (Å²) in [7, 11) is 0. The van der Waals surface area contributed by atoms with Crippen molar-refractivity contribution in [2.45, 2.75) is 12.1 Å². The van der Waals surface area contributed by atoms with Gasteiger partial charge in [-0.3, -0.25) is 29.0 Å². The Kier molecular flexibility index (Phi) is 10.7. The number of anilines is 2. The Labute approximate surface area is 314 Å². The maximum atomic E-state index is 14.7. The van der Waals surface area contributed by atoms with Crippen molar-refractivity contribution in [1.82, 2.24) is 0 Å². The second-order valence-corrected chi connectivity index (χ2v) is 12.7. The second-order valence-electron chi connectivity index (χ2n) is 12.7. The molecule has 0 aliphatic carbocycles. The van der Waals surface area contributed by atoms with Gasteiger partial charge in [-0.15, -0.1) is 0 Å². The number of carbonyl (C=O) groups excluding carboxylic acids is 4. The molecule has 0 N–H and O–H groups in total. The first-order valence-electron chi connectivity index (χ1n) is 17.7. The number of rotatable bonds is 12. The summed E-state index contributed by atoms with van der Waals surface area (Å²) in [5.41, 5.74) is 3.90. The van der Waals surface area contributed by atoms with Crippen molar-refractivity contribution >= 4 is 34.8 Å². The summed E-state index contributed by atoms with van der Waals surface area (Å²) in [5.74, 6) is -1.31. The minimum Gasteiger partial charge on any atom is -0.293 e. The number of hydrogen-bond donors (Lipinski definition) is 0. The van der Waals surface area contributed by atoms with E-state index in [0.29, 0.717) is 33.6 Å². The second kappa shape index (κ2) is 16.4. The first-order chi connectivity index (χ1) is 26.5. The van der Waals surface area contributed by atoms with Gasteiger partial charge in [0.05, 0.1) is 0 Å². The monoisotopic (exact) mass is 704 g/mol. The van der Waals surface area contributed by atoms with Crippen molar-refractivity contribution in [1.29, 1.82) is 0 Å². The molecule has 0 aromatic heterocycles. The Morgan fingerprint density at radius 3 is 0.852 bits per heavy atom. The fraction of sp³-hybridized carbons (Fsp3) is 0.0417. The van der Waals surface area contributed by atoms with E-state index in [-0.39, 0.29) is 22.7 Å². The number of hydrogen-bond acceptors (Lipinski definition) is 4. The van der Waals surface area contributed by atoms with Gasteiger partial charge in [0.25, 0.3) is 11.8 Å². The lowest BCUT2D eigenvalue weighted by Gasteiger charge is -2.32. The van der Waals surface area contributed by atoms with Gasteiger partial charge in [-0.25, -0.2) is 0 Å². The Morgan fingerprint density at radius 1 is 0.296 bits per heavy atom. The van der Waals surface area contributed by atoms with Crippen LogP contribution >= 0.6 is 0 Å². The van der Waals surface area contributed by atoms with Crippen molar-refractivity contribution in [3.05, 3.63) is 240 Å². The summed E-state index contributed by atoms with van der Waals surface area (Å²) in [4.78, 5) is 61.1. The Morgan fingerprint density at radius 2 is 0.556 bits per heavy atom. The molecule has 0 aliphatic rings. The van der Waals surface area contributed by atoms with Crippen LogP contribution in [0.2, 0.25) is 0 Å². The SMILES string of the molecule is O=C(c1ccccc1)[C@H](c1ccccc1)N(C(=O)c1ccc(C(=O)N(c2ccccc2)[C@H](C(=O)c2ccccc2)c2ccccc2)cc1)c1ccccc1. The van der Waals surface area contributed by atoms with E-state index in [1.54, 1.807) is 97.1 Å². The number of carbonyl (C=O) groups is 4. The van der Waals surface area contributed by atoms with Crippen molar-refractivity contribution in [3.8, 4) is 0 Å². The van der Waals surface area contributed by atoms with Gasteiger partial charge in [0.15, 0.2) is 11.6 Å². The maximum absolute atomic E-state index is 14.7. The van der Waals surface area contributed by atoms with Gasteiger partial charge in [0.1, 0.15) is 12.1 Å². The molecule has 6 nitrogen and oxygen atoms in total. The number of ketones is 2. The average Bonchev–Trinajstić information content (AvgIpc) is 3.25. The zero-order valence-electron chi connectivity index (χ0n) is 29.3. The number of Topliss-reactive ketones (excluding diaryl/α,β-unsaturated/α-hetero) is 2. The summed E-state index contributed by atoms with van der Waals surface area (Å²) in [6.45, 7) is 0. The van der Waals surface area contributed by atoms with Crippen LogP contribution in [-0.2, 0) is 0 Å². The zero-order chi connectivity index (χ0) is 37.3. The van der Waals surface area contributed by atoms with Crippen molar-refractivity contribution in [3.63, 3.8) is 0 Å². The highest BCUT2D eigenvalue weighted by atomic mass is 16.2. The van der Waals surface area contributed by atoms with Gasteiger partial charge in [-0.2, -0.15) is 0 Å². The molecule has 2 atom stereocenters. The highest BCUT2D eigenvalue weighted by Crippen LogP contribution is 2.34. The van der Waals surface area contributed by atoms with E-state index >= 15 is 0 Å². The van der Waals surface area contributed by atoms with Gasteiger partial charge < -0.3 is 0 Å². The molecule has 6 heteroatoms. The topological polar surface area (TPSA) is 74.8 Å². The number of para-hydroxylation sites is 2. The predicted molar refractivity (Wildman–Crippen MR) is 213 cm³/mol. The molecule has 0 radical (unpaired) electrons. The Balaban J connectivity index is 1.29. The molecule has 262 valence electrons. The first-order valence-corrected chi connectivity index (χ1v) is 17.7. The van der Waals surface area contributed by atoms with Gasteiger partial charge in [-0.1, -0.05) is 158 Å². The standard InChI is InChI=1S/C48H36N2O4/c51-45(37-23-11-3-12-24-37)43(35-19-7-1-8-20-35)49(41-27-15-5-16-28-41)47(53)39-31-33-40(34-32-39)48(54)50(42-29-17-6-18-30-42)44(36-21-9-2-10-22-36)46(52)38-25-13-4-14-26-38/h1-34,43-44H/t43-,44-/m0/s1. The molecular formula is C48H36N2O4. The molecule has 54 heavy (non-hydrogen) atoms. The van der Waals surface area contributed by atoms with E-state index < -0.39 is 23.9 Å². The molecular weight excluding hydrogens is 669 g/mol. The maximum Gasteiger partial charge on any atom is 0.259 e. The lowest BCUT2D eigenvalue weighted by atomic mass is 9.94. The minimum absolute atomic E-state index is 0.237. The number of amides is 2. The minimum atomic E-state index is -0.978. The van der Waals surface area contributed by atoms with Crippen molar-refractivity contribution in [2.24, 2.45) is 0 Å². The van der Waals surface area contributed by atoms with Gasteiger partial charge in [-0.05, 0) is 59.7 Å². The van der Waals surface area contributed by atoms with E-state index in [9.17, 15) is 19.2 Å². The molecule has 0 spiro atoms. The number of benzene rings is 7. The van der Waals surface area contributed by atoms with E-state index in [1.807, 2.05) is 109 Å². The van der Waals surface area contributed by atoms with Crippen LogP contribution in [-0.4, -0.2) is 23.4 Å². The van der Waals surface area contributed by atoms with Gasteiger partial charge in [0.2, 0.25) is 0 Å². The lowest BCUT2D eigenvalue weighted by molar-refractivity contribution is 0.0894. The Bertz CT molecular complexity index is 2170. The number of nitrogens with zero attached hydrogens (tertiary/aromatic N) is 2. The lowest BCUT2D eigenvalue weighted by Crippen LogP contribution is -2.40. The molecule has 0 saturated carbocycles. The van der Waals surface area contributed by atoms with Crippen molar-refractivity contribution in [2.75, 3.05) is 9.80 Å². The third-order valence-corrected chi connectivity index (χ3v) is 9.25. The van der Waals surface area contributed by atoms with Crippen LogP contribution in [0.25, 0.3) is 0 Å². The molecule has 7 rings (SSSR count). The molecule has 0 unspecified atom stereocenters. The van der Waals surface area contributed by atoms with Crippen LogP contribution in [0.5, 0.6) is 0 Å². The van der Waals surface area contributed by atoms with Gasteiger partial charge in [0, 0.05) is 33.6 Å². The van der Waals surface area contributed by atoms with E-state index in [2.05, 4.69) is 0 Å². The van der Waals surface area contributed by atoms with Crippen LogP contribution in [0.3, 0.4) is 0 Å². The predicted octanol–water partition coefficient (Wildman–Crippen LogP) is 10.2. The van der Waals surface area contributed by atoms with Gasteiger partial charge >= 0.3 is 0 Å². The summed E-state index contributed by atoms with van der Waals surface area (Å²) in [6, 6.07) is 59.0. The van der Waals surface area contributed by atoms with Crippen LogP contribution in [0.4, 0.5) is 11.4 Å². The van der Waals surface area contributed by atoms with Crippen LogP contribution < -0.4 is 9.80 Å².